The zero-order valence-corrected chi connectivity index (χ0v) is 20.9. The van der Waals surface area contributed by atoms with Crippen molar-refractivity contribution in [3.05, 3.63) is 65.1 Å². The predicted molar refractivity (Wildman–Crippen MR) is 128 cm³/mol. The van der Waals surface area contributed by atoms with Crippen molar-refractivity contribution in [3.63, 3.8) is 0 Å². The van der Waals surface area contributed by atoms with Gasteiger partial charge in [0.15, 0.2) is 29.1 Å². The van der Waals surface area contributed by atoms with Crippen LogP contribution in [0.1, 0.15) is 60.6 Å². The van der Waals surface area contributed by atoms with Crippen molar-refractivity contribution in [1.82, 2.24) is 10.3 Å². The molecule has 0 radical (unpaired) electrons. The summed E-state index contributed by atoms with van der Waals surface area (Å²) in [7, 11) is 0. The third-order valence-corrected chi connectivity index (χ3v) is 5.89. The van der Waals surface area contributed by atoms with Gasteiger partial charge in [-0.2, -0.15) is 8.78 Å². The number of ether oxygens (including phenoxy) is 3. The van der Waals surface area contributed by atoms with Gasteiger partial charge in [0.1, 0.15) is 11.6 Å². The Bertz CT molecular complexity index is 1360. The lowest BCUT2D eigenvalue weighted by Gasteiger charge is -2.15. The second-order valence-corrected chi connectivity index (χ2v) is 8.97. The van der Waals surface area contributed by atoms with Crippen LogP contribution >= 0.6 is 0 Å². The zero-order valence-electron chi connectivity index (χ0n) is 20.9. The fourth-order valence-electron chi connectivity index (χ4n) is 3.76. The van der Waals surface area contributed by atoms with Gasteiger partial charge in [0, 0.05) is 17.2 Å². The number of carbonyl (C=O) groups is 2. The highest BCUT2D eigenvalue weighted by Crippen LogP contribution is 2.37. The van der Waals surface area contributed by atoms with Crippen molar-refractivity contribution in [2.24, 2.45) is 11.7 Å². The van der Waals surface area contributed by atoms with E-state index in [0.717, 1.165) is 18.9 Å². The van der Waals surface area contributed by atoms with Gasteiger partial charge in [-0.1, -0.05) is 6.07 Å². The number of hydrogen-bond donors (Lipinski definition) is 2. The summed E-state index contributed by atoms with van der Waals surface area (Å²) in [6.07, 6.45) is -0.374. The van der Waals surface area contributed by atoms with Gasteiger partial charge >= 0.3 is 12.7 Å². The minimum atomic E-state index is -3.08. The van der Waals surface area contributed by atoms with E-state index in [9.17, 15) is 27.2 Å². The second kappa shape index (κ2) is 11.6. The summed E-state index contributed by atoms with van der Waals surface area (Å²) in [5, 5.41) is 2.54. The van der Waals surface area contributed by atoms with Crippen LogP contribution in [-0.4, -0.2) is 30.2 Å². The average Bonchev–Trinajstić information content (AvgIpc) is 3.57. The number of carbonyl (C=O) groups excluding carboxylic acids is 2. The van der Waals surface area contributed by atoms with Gasteiger partial charge in [0.25, 0.3) is 5.91 Å². The second-order valence-electron chi connectivity index (χ2n) is 8.97. The van der Waals surface area contributed by atoms with E-state index in [4.69, 9.17) is 19.6 Å². The lowest BCUT2D eigenvalue weighted by atomic mass is 10.1. The number of nitrogens with two attached hydrogens (primary N) is 1. The van der Waals surface area contributed by atoms with E-state index in [-0.39, 0.29) is 40.0 Å². The van der Waals surface area contributed by atoms with Crippen molar-refractivity contribution in [3.8, 4) is 23.0 Å². The Labute approximate surface area is 220 Å². The van der Waals surface area contributed by atoms with Gasteiger partial charge < -0.3 is 29.7 Å². The molecule has 2 aromatic carbocycles. The molecule has 2 amide bonds. The Morgan fingerprint density at radius 3 is 2.51 bits per heavy atom. The first kappa shape index (κ1) is 27.7. The van der Waals surface area contributed by atoms with Gasteiger partial charge in [0.05, 0.1) is 12.6 Å². The molecule has 1 fully saturated rings. The van der Waals surface area contributed by atoms with Crippen molar-refractivity contribution in [2.75, 3.05) is 6.61 Å². The Balaban J connectivity index is 1.66. The monoisotopic (exact) mass is 551 g/mol. The summed E-state index contributed by atoms with van der Waals surface area (Å²) >= 11 is 0. The van der Waals surface area contributed by atoms with Crippen LogP contribution in [0.4, 0.5) is 22.4 Å². The Morgan fingerprint density at radius 1 is 1.13 bits per heavy atom. The maximum atomic E-state index is 14.2. The molecular weight excluding hydrogens is 526 g/mol. The molecule has 1 saturated carbocycles. The van der Waals surface area contributed by atoms with E-state index in [0.29, 0.717) is 18.6 Å². The zero-order chi connectivity index (χ0) is 28.3. The van der Waals surface area contributed by atoms with E-state index < -0.39 is 42.4 Å². The summed E-state index contributed by atoms with van der Waals surface area (Å²) in [5.41, 5.74) is 5.07. The van der Waals surface area contributed by atoms with Gasteiger partial charge in [-0.3, -0.25) is 4.79 Å². The third kappa shape index (κ3) is 6.98. The normalized spacial score (nSPS) is 14.5. The van der Waals surface area contributed by atoms with Crippen LogP contribution in [0.2, 0.25) is 0 Å². The van der Waals surface area contributed by atoms with E-state index in [1.165, 1.54) is 38.1 Å². The fourth-order valence-corrected chi connectivity index (χ4v) is 3.76. The molecule has 208 valence electrons. The SMILES string of the molecule is CC(NC(=O)c1nc(-c2ccc(OC(F)F)c(OCC3CC3)c2)oc1[C@H](C)OC(N)=O)c1ccc(F)cc1F. The molecule has 3 N–H and O–H groups in total. The predicted octanol–water partition coefficient (Wildman–Crippen LogP) is 5.66. The molecule has 0 saturated heterocycles. The summed E-state index contributed by atoms with van der Waals surface area (Å²) in [6.45, 7) is 0.0826. The number of benzene rings is 2. The van der Waals surface area contributed by atoms with Crippen LogP contribution in [0.25, 0.3) is 11.5 Å². The summed E-state index contributed by atoms with van der Waals surface area (Å²) < 4.78 is 74.2. The summed E-state index contributed by atoms with van der Waals surface area (Å²) in [6, 6.07) is 6.00. The van der Waals surface area contributed by atoms with Crippen molar-refractivity contribution < 1.29 is 45.8 Å². The van der Waals surface area contributed by atoms with Crippen molar-refractivity contribution in [1.29, 1.82) is 0 Å². The summed E-state index contributed by atoms with van der Waals surface area (Å²) in [5.74, 6) is -2.63. The molecule has 1 aliphatic rings. The number of hydrogen-bond acceptors (Lipinski definition) is 7. The first-order valence-electron chi connectivity index (χ1n) is 12.0. The van der Waals surface area contributed by atoms with Crippen LogP contribution in [-0.2, 0) is 4.74 Å². The number of alkyl halides is 2. The van der Waals surface area contributed by atoms with Gasteiger partial charge in [-0.05, 0) is 56.9 Å². The highest BCUT2D eigenvalue weighted by Gasteiger charge is 2.29. The van der Waals surface area contributed by atoms with Gasteiger partial charge in [-0.25, -0.2) is 18.6 Å². The maximum Gasteiger partial charge on any atom is 0.405 e. The number of nitrogens with one attached hydrogen (secondary N) is 1. The molecular formula is C26H25F4N3O6. The number of rotatable bonds is 11. The topological polar surface area (TPSA) is 126 Å². The highest BCUT2D eigenvalue weighted by molar-refractivity contribution is 5.94. The van der Waals surface area contributed by atoms with Crippen LogP contribution in [0, 0.1) is 17.6 Å². The van der Waals surface area contributed by atoms with E-state index in [2.05, 4.69) is 15.0 Å². The molecule has 9 nitrogen and oxygen atoms in total. The van der Waals surface area contributed by atoms with E-state index in [1.54, 1.807) is 0 Å². The molecule has 2 atom stereocenters. The highest BCUT2D eigenvalue weighted by atomic mass is 19.3. The third-order valence-electron chi connectivity index (χ3n) is 5.89. The first-order valence-corrected chi connectivity index (χ1v) is 12.0. The number of primary amides is 1. The van der Waals surface area contributed by atoms with Crippen LogP contribution in [0.15, 0.2) is 40.8 Å². The molecule has 0 spiro atoms. The molecule has 1 heterocycles. The first-order chi connectivity index (χ1) is 18.5. The Kier molecular flexibility index (Phi) is 8.27. The van der Waals surface area contributed by atoms with Gasteiger partial charge in [-0.15, -0.1) is 0 Å². The van der Waals surface area contributed by atoms with E-state index in [1.807, 2.05) is 0 Å². The number of nitrogens with zero attached hydrogens (tertiary/aromatic N) is 1. The number of aromatic nitrogens is 1. The molecule has 1 unspecified atom stereocenters. The molecule has 0 bridgehead atoms. The smallest absolute Gasteiger partial charge is 0.405 e. The summed E-state index contributed by atoms with van der Waals surface area (Å²) in [4.78, 5) is 28.7. The minimum absolute atomic E-state index is 0.0172. The van der Waals surface area contributed by atoms with Gasteiger partial charge in [0.2, 0.25) is 5.89 Å². The molecule has 4 rings (SSSR count). The number of oxazole rings is 1. The largest absolute Gasteiger partial charge is 0.489 e. The molecule has 1 aromatic heterocycles. The Morgan fingerprint density at radius 2 is 1.87 bits per heavy atom. The maximum absolute atomic E-state index is 14.2. The van der Waals surface area contributed by atoms with Crippen molar-refractivity contribution >= 4 is 12.0 Å². The minimum Gasteiger partial charge on any atom is -0.489 e. The molecule has 13 heteroatoms. The fraction of sp³-hybridized carbons (Fsp3) is 0.346. The average molecular weight is 551 g/mol. The molecule has 1 aliphatic carbocycles. The Hall–Kier alpha value is -4.29. The standard InChI is InChI=1S/C26H25F4N3O6/c1-12(17-7-6-16(27)10-18(17)28)32-23(34)21-22(13(2)37-26(31)35)39-24(33-21)15-5-8-19(38-25(29)30)20(9-15)36-11-14-3-4-14/h5-10,12-14,25H,3-4,11H2,1-2H3,(H2,31,35)(H,32,34)/t12?,13-/m0/s1. The van der Waals surface area contributed by atoms with Crippen LogP contribution in [0.3, 0.4) is 0 Å². The molecule has 39 heavy (non-hydrogen) atoms. The van der Waals surface area contributed by atoms with E-state index >= 15 is 0 Å². The molecule has 3 aromatic rings. The number of amides is 2. The van der Waals surface area contributed by atoms with Crippen molar-refractivity contribution in [2.45, 2.75) is 45.4 Å². The molecule has 0 aliphatic heterocycles. The quantitative estimate of drug-likeness (QED) is 0.295. The van der Waals surface area contributed by atoms with Crippen LogP contribution in [0.5, 0.6) is 11.5 Å². The van der Waals surface area contributed by atoms with Crippen LogP contribution < -0.4 is 20.5 Å². The lowest BCUT2D eigenvalue weighted by Crippen LogP contribution is -2.29. The number of halogens is 4. The lowest BCUT2D eigenvalue weighted by molar-refractivity contribution is -0.0515.